The van der Waals surface area contributed by atoms with Crippen LogP contribution < -0.4 is 0 Å². The molecule has 0 rings (SSSR count). The van der Waals surface area contributed by atoms with Gasteiger partial charge in [0.15, 0.2) is 0 Å². The summed E-state index contributed by atoms with van der Waals surface area (Å²) in [4.78, 5) is 0. The van der Waals surface area contributed by atoms with Crippen LogP contribution in [0.4, 0.5) is 0 Å². The molecule has 0 amide bonds. The average Bonchev–Trinajstić information content (AvgIpc) is 1.50. The molecule has 32 valence electrons. The first-order valence-electron chi connectivity index (χ1n) is 0.259. The second-order valence-corrected chi connectivity index (χ2v) is 0. The van der Waals surface area contributed by atoms with Gasteiger partial charge < -0.3 is 0 Å². The molecule has 4 heteroatoms. The molecule has 0 bridgehead atoms. The first kappa shape index (κ1) is 8.82. The molecule has 0 atom stereocenters. The molecular formula is CoCuO2. The van der Waals surface area contributed by atoms with Gasteiger partial charge in [0.2, 0.25) is 0 Å². The van der Waals surface area contributed by atoms with Crippen LogP contribution in [-0.4, -0.2) is 0 Å². The van der Waals surface area contributed by atoms with Crippen LogP contribution in [0.25, 0.3) is 0 Å². The van der Waals surface area contributed by atoms with Crippen molar-refractivity contribution in [2.24, 2.45) is 0 Å². The first-order valence-corrected chi connectivity index (χ1v) is 1.07. The van der Waals surface area contributed by atoms with Crippen LogP contribution >= 0.6 is 0 Å². The Kier molecular flexibility index (Phi) is 141. The molecule has 0 spiro atoms. The Morgan fingerprint density at radius 3 is 1.25 bits per heavy atom. The van der Waals surface area contributed by atoms with Crippen molar-refractivity contribution in [3.63, 3.8) is 0 Å². The van der Waals surface area contributed by atoms with E-state index in [1.165, 1.54) is 0 Å². The zero-order valence-electron chi connectivity index (χ0n) is 1.45. The minimum absolute atomic E-state index is 2.31. The van der Waals surface area contributed by atoms with Gasteiger partial charge in [0, 0.05) is 0 Å². The van der Waals surface area contributed by atoms with Crippen LogP contribution in [0.3, 0.4) is 0 Å². The monoisotopic (exact) mass is 154 g/mol. The van der Waals surface area contributed by atoms with Gasteiger partial charge in [-0.2, -0.15) is 0 Å². The molecule has 2 nitrogen and oxygen atoms in total. The topological polar surface area (TPSA) is 34.1 Å². The summed E-state index contributed by atoms with van der Waals surface area (Å²) in [6.07, 6.45) is 0. The van der Waals surface area contributed by atoms with Gasteiger partial charge in [-0.15, -0.1) is 0 Å². The van der Waals surface area contributed by atoms with E-state index >= 15 is 0 Å². The average molecular weight is 154 g/mol. The van der Waals surface area contributed by atoms with Crippen molar-refractivity contribution in [2.45, 2.75) is 0 Å². The molecule has 0 aliphatic carbocycles. The molecule has 0 saturated carbocycles. The van der Waals surface area contributed by atoms with Gasteiger partial charge in [-0.05, 0) is 0 Å². The summed E-state index contributed by atoms with van der Waals surface area (Å²) in [5.74, 6) is 0. The predicted molar refractivity (Wildman–Crippen MR) is 1.37 cm³/mol. The Morgan fingerprint density at radius 2 is 1.25 bits per heavy atom. The minimum atomic E-state index is 2.31. The molecule has 0 aliphatic heterocycles. The van der Waals surface area contributed by atoms with Crippen LogP contribution in [0, 0.1) is 0 Å². The predicted octanol–water partition coefficient (Wildman–Crippen LogP) is -0.243. The normalized spacial score (nSPS) is 2.75. The molecular weight excluding hydrogens is 154 g/mol. The van der Waals surface area contributed by atoms with Crippen LogP contribution in [0.1, 0.15) is 0 Å². The maximum absolute atomic E-state index is 7.94. The van der Waals surface area contributed by atoms with Crippen molar-refractivity contribution in [2.75, 3.05) is 0 Å². The van der Waals surface area contributed by atoms with E-state index in [9.17, 15) is 0 Å². The molecule has 0 aromatic rings. The van der Waals surface area contributed by atoms with Crippen LogP contribution in [0.2, 0.25) is 0 Å². The first-order chi connectivity index (χ1) is 2.00. The van der Waals surface area contributed by atoms with Crippen molar-refractivity contribution in [3.8, 4) is 0 Å². The molecule has 0 aliphatic rings. The Balaban J connectivity index is 0. The number of hydrogen-bond acceptors (Lipinski definition) is 2. The van der Waals surface area contributed by atoms with Crippen molar-refractivity contribution < 1.29 is 39.3 Å². The fourth-order valence-electron chi connectivity index (χ4n) is 0. The van der Waals surface area contributed by atoms with E-state index in [1.807, 2.05) is 0 Å². The molecule has 0 aromatic heterocycles. The molecule has 0 N–H and O–H groups in total. The van der Waals surface area contributed by atoms with E-state index < -0.39 is 0 Å². The Morgan fingerprint density at radius 1 is 1.25 bits per heavy atom. The van der Waals surface area contributed by atoms with Gasteiger partial charge in [0.1, 0.15) is 0 Å². The summed E-state index contributed by atoms with van der Waals surface area (Å²) < 4.78 is 15.8. The van der Waals surface area contributed by atoms with Gasteiger partial charge in [-0.1, -0.05) is 0 Å². The van der Waals surface area contributed by atoms with Crippen molar-refractivity contribution in [1.29, 1.82) is 0 Å². The molecule has 0 aromatic carbocycles. The third kappa shape index (κ3) is 17.7. The molecule has 0 radical (unpaired) electrons. The molecule has 0 unspecified atom stereocenters. The Labute approximate surface area is 39.8 Å². The third-order valence-electron chi connectivity index (χ3n) is 0. The van der Waals surface area contributed by atoms with Gasteiger partial charge in [-0.25, -0.2) is 0 Å². The summed E-state index contributed by atoms with van der Waals surface area (Å²) in [5, 5.41) is 0. The second kappa shape index (κ2) is 63.8. The van der Waals surface area contributed by atoms with Crippen molar-refractivity contribution >= 4 is 0 Å². The fraction of sp³-hybridized carbons (Fsp3) is 0. The summed E-state index contributed by atoms with van der Waals surface area (Å²) >= 11 is 5.25. The second-order valence-electron chi connectivity index (χ2n) is 0. The van der Waals surface area contributed by atoms with E-state index in [1.54, 1.807) is 0 Å². The third-order valence-corrected chi connectivity index (χ3v) is 0. The summed E-state index contributed by atoms with van der Waals surface area (Å²) in [6.45, 7) is 0. The van der Waals surface area contributed by atoms with Crippen molar-refractivity contribution in [3.05, 3.63) is 0 Å². The van der Waals surface area contributed by atoms with E-state index in [-0.39, 0.29) is 0 Å². The standard InChI is InChI=1S/Co.Cu.2O. The zero-order chi connectivity index (χ0) is 4.00. The van der Waals surface area contributed by atoms with Gasteiger partial charge >= 0.3 is 39.3 Å². The number of rotatable bonds is 0. The van der Waals surface area contributed by atoms with Crippen LogP contribution in [0.15, 0.2) is 0 Å². The fourth-order valence-corrected chi connectivity index (χ4v) is 0. The molecule has 0 heterocycles. The quantitative estimate of drug-likeness (QED) is 0.451. The van der Waals surface area contributed by atoms with E-state index in [4.69, 9.17) is 7.70 Å². The van der Waals surface area contributed by atoms with E-state index in [0.29, 0.717) is 0 Å². The van der Waals surface area contributed by atoms with E-state index in [0.717, 1.165) is 0 Å². The summed E-state index contributed by atoms with van der Waals surface area (Å²) in [6, 6.07) is 0. The SMILES string of the molecule is [O]=[Co].[O]=[Cu]. The van der Waals surface area contributed by atoms with E-state index in [2.05, 4.69) is 31.6 Å². The number of hydrogen-bond donors (Lipinski definition) is 0. The molecule has 0 saturated heterocycles. The Hall–Kier alpha value is 0.626. The van der Waals surface area contributed by atoms with Gasteiger partial charge in [0.25, 0.3) is 0 Å². The maximum atomic E-state index is 7.94. The summed E-state index contributed by atoms with van der Waals surface area (Å²) in [5.41, 5.74) is 0. The van der Waals surface area contributed by atoms with Crippen LogP contribution in [-0.2, 0) is 39.3 Å². The Bertz CT molecular complexity index is 8.00. The molecule has 0 fully saturated rings. The zero-order valence-corrected chi connectivity index (χ0v) is 3.43. The van der Waals surface area contributed by atoms with Crippen LogP contribution in [0.5, 0.6) is 0 Å². The summed E-state index contributed by atoms with van der Waals surface area (Å²) in [7, 11) is 0. The van der Waals surface area contributed by atoms with Crippen molar-refractivity contribution in [1.82, 2.24) is 0 Å². The van der Waals surface area contributed by atoms with Gasteiger partial charge in [0.05, 0.1) is 0 Å². The molecule has 4 heavy (non-hydrogen) atoms. The van der Waals surface area contributed by atoms with Gasteiger partial charge in [-0.3, -0.25) is 0 Å².